The van der Waals surface area contributed by atoms with Gasteiger partial charge in [0.25, 0.3) is 5.91 Å². The van der Waals surface area contributed by atoms with Crippen LogP contribution in [0.4, 0.5) is 5.69 Å². The number of nitrogens with zero attached hydrogens (tertiary/aromatic N) is 1. The molecular formula is C20H25N3O3. The first-order chi connectivity index (χ1) is 12.7. The summed E-state index contributed by atoms with van der Waals surface area (Å²) < 4.78 is 5.60. The van der Waals surface area contributed by atoms with Crippen LogP contribution >= 0.6 is 0 Å². The van der Waals surface area contributed by atoms with E-state index in [2.05, 4.69) is 10.5 Å². The third-order valence-corrected chi connectivity index (χ3v) is 3.51. The van der Waals surface area contributed by atoms with E-state index in [9.17, 15) is 4.79 Å². The third kappa shape index (κ3) is 6.84. The molecule has 2 aromatic rings. The van der Waals surface area contributed by atoms with Crippen molar-refractivity contribution in [3.05, 3.63) is 60.2 Å². The second-order valence-electron chi connectivity index (χ2n) is 5.73. The molecule has 0 fully saturated rings. The Morgan fingerprint density at radius 2 is 1.85 bits per heavy atom. The number of ether oxygens (including phenoxy) is 1. The zero-order valence-electron chi connectivity index (χ0n) is 15.0. The highest BCUT2D eigenvalue weighted by Gasteiger charge is 2.08. The average molecular weight is 355 g/mol. The van der Waals surface area contributed by atoms with Crippen LogP contribution in [0.2, 0.25) is 0 Å². The number of carbonyl (C=O) groups excluding carboxylic acids is 1. The summed E-state index contributed by atoms with van der Waals surface area (Å²) in [7, 11) is 0. The zero-order chi connectivity index (χ0) is 18.6. The number of nitrogens with one attached hydrogen (secondary N) is 1. The smallest absolute Gasteiger partial charge is 0.265 e. The molecule has 2 aromatic carbocycles. The molecule has 2 rings (SSSR count). The van der Waals surface area contributed by atoms with Crippen LogP contribution in [0.25, 0.3) is 0 Å². The summed E-state index contributed by atoms with van der Waals surface area (Å²) in [6.07, 6.45) is 2.23. The number of aryl methyl sites for hydroxylation is 1. The van der Waals surface area contributed by atoms with Gasteiger partial charge in [-0.1, -0.05) is 54.5 Å². The van der Waals surface area contributed by atoms with Crippen molar-refractivity contribution < 1.29 is 14.4 Å². The molecule has 0 unspecified atom stereocenters. The van der Waals surface area contributed by atoms with E-state index in [0.717, 1.165) is 12.8 Å². The van der Waals surface area contributed by atoms with Crippen LogP contribution in [0, 0.1) is 0 Å². The van der Waals surface area contributed by atoms with Crippen LogP contribution in [-0.2, 0) is 16.1 Å². The van der Waals surface area contributed by atoms with E-state index in [1.54, 1.807) is 6.07 Å². The minimum atomic E-state index is -0.322. The molecule has 26 heavy (non-hydrogen) atoms. The Balaban J connectivity index is 1.76. The van der Waals surface area contributed by atoms with Gasteiger partial charge in [-0.2, -0.15) is 0 Å². The van der Waals surface area contributed by atoms with Crippen LogP contribution in [-0.4, -0.2) is 25.0 Å². The Labute approximate surface area is 154 Å². The van der Waals surface area contributed by atoms with Crippen molar-refractivity contribution in [2.45, 2.75) is 26.2 Å². The molecule has 3 N–H and O–H groups in total. The lowest BCUT2D eigenvalue weighted by Crippen LogP contribution is -2.19. The molecule has 6 heteroatoms. The predicted octanol–water partition coefficient (Wildman–Crippen LogP) is 3.34. The minimum absolute atomic E-state index is 0.214. The number of anilines is 1. The van der Waals surface area contributed by atoms with Gasteiger partial charge < -0.3 is 20.6 Å². The molecule has 6 nitrogen and oxygen atoms in total. The topological polar surface area (TPSA) is 85.9 Å². The summed E-state index contributed by atoms with van der Waals surface area (Å²) in [6, 6.07) is 17.3. The zero-order valence-corrected chi connectivity index (χ0v) is 15.0. The summed E-state index contributed by atoms with van der Waals surface area (Å²) in [4.78, 5) is 17.0. The summed E-state index contributed by atoms with van der Waals surface area (Å²) in [5.41, 5.74) is 7.59. The number of hydrogen-bond donors (Lipinski definition) is 2. The maximum absolute atomic E-state index is 12.0. The first-order valence-corrected chi connectivity index (χ1v) is 8.69. The molecule has 0 spiro atoms. The average Bonchev–Trinajstić information content (AvgIpc) is 2.66. The Morgan fingerprint density at radius 3 is 2.62 bits per heavy atom. The summed E-state index contributed by atoms with van der Waals surface area (Å²) in [5.74, 6) is 0.666. The van der Waals surface area contributed by atoms with Gasteiger partial charge in [0.2, 0.25) is 0 Å². The summed E-state index contributed by atoms with van der Waals surface area (Å²) in [5, 5.41) is 6.55. The number of rotatable bonds is 10. The molecule has 0 aliphatic carbocycles. The van der Waals surface area contributed by atoms with Crippen LogP contribution < -0.4 is 15.8 Å². The molecule has 0 aliphatic rings. The maximum Gasteiger partial charge on any atom is 0.265 e. The minimum Gasteiger partial charge on any atom is -0.491 e. The van der Waals surface area contributed by atoms with Crippen molar-refractivity contribution >= 4 is 17.4 Å². The SMILES string of the molecule is CCCOc1ccccc1NC(=O)CO/N=C(\N)CCc1ccccc1. The number of benzene rings is 2. The van der Waals surface area contributed by atoms with Crippen molar-refractivity contribution in [1.82, 2.24) is 0 Å². The normalized spacial score (nSPS) is 11.0. The molecule has 0 heterocycles. The Kier molecular flexibility index (Phi) is 7.99. The van der Waals surface area contributed by atoms with Gasteiger partial charge in [-0.05, 0) is 30.5 Å². The number of para-hydroxylation sites is 2. The summed E-state index contributed by atoms with van der Waals surface area (Å²) >= 11 is 0. The third-order valence-electron chi connectivity index (χ3n) is 3.51. The molecule has 0 aliphatic heterocycles. The molecular weight excluding hydrogens is 330 g/mol. The number of amidine groups is 1. The molecule has 0 radical (unpaired) electrons. The highest BCUT2D eigenvalue weighted by molar-refractivity contribution is 5.93. The molecule has 0 saturated heterocycles. The van der Waals surface area contributed by atoms with Crippen LogP contribution in [0.3, 0.4) is 0 Å². The van der Waals surface area contributed by atoms with Gasteiger partial charge >= 0.3 is 0 Å². The van der Waals surface area contributed by atoms with Crippen molar-refractivity contribution in [3.63, 3.8) is 0 Å². The monoisotopic (exact) mass is 355 g/mol. The van der Waals surface area contributed by atoms with E-state index in [1.807, 2.05) is 55.5 Å². The van der Waals surface area contributed by atoms with Crippen molar-refractivity contribution in [2.24, 2.45) is 10.9 Å². The van der Waals surface area contributed by atoms with Crippen LogP contribution in [0.15, 0.2) is 59.8 Å². The first kappa shape index (κ1) is 19.3. The van der Waals surface area contributed by atoms with E-state index < -0.39 is 0 Å². The van der Waals surface area contributed by atoms with Gasteiger partial charge in [-0.25, -0.2) is 0 Å². The van der Waals surface area contributed by atoms with Gasteiger partial charge in [0.15, 0.2) is 6.61 Å². The van der Waals surface area contributed by atoms with Crippen molar-refractivity contribution in [3.8, 4) is 5.75 Å². The second kappa shape index (κ2) is 10.8. The maximum atomic E-state index is 12.0. The molecule has 0 aromatic heterocycles. The Hall–Kier alpha value is -3.02. The van der Waals surface area contributed by atoms with E-state index in [0.29, 0.717) is 30.3 Å². The number of oxime groups is 1. The van der Waals surface area contributed by atoms with Gasteiger partial charge in [0, 0.05) is 6.42 Å². The van der Waals surface area contributed by atoms with E-state index in [-0.39, 0.29) is 12.5 Å². The fourth-order valence-corrected chi connectivity index (χ4v) is 2.23. The highest BCUT2D eigenvalue weighted by atomic mass is 16.6. The molecule has 0 saturated carbocycles. The Morgan fingerprint density at radius 1 is 1.12 bits per heavy atom. The number of hydrogen-bond acceptors (Lipinski definition) is 4. The number of amides is 1. The quantitative estimate of drug-likeness (QED) is 0.389. The lowest BCUT2D eigenvalue weighted by Gasteiger charge is -2.11. The van der Waals surface area contributed by atoms with Gasteiger partial charge in [0.1, 0.15) is 11.6 Å². The lowest BCUT2D eigenvalue weighted by molar-refractivity contribution is -0.120. The number of carbonyl (C=O) groups is 1. The van der Waals surface area contributed by atoms with Gasteiger partial charge in [-0.3, -0.25) is 4.79 Å². The molecule has 0 atom stereocenters. The molecule has 1 amide bonds. The van der Waals surface area contributed by atoms with Gasteiger partial charge in [-0.15, -0.1) is 0 Å². The first-order valence-electron chi connectivity index (χ1n) is 8.69. The predicted molar refractivity (Wildman–Crippen MR) is 103 cm³/mol. The summed E-state index contributed by atoms with van der Waals surface area (Å²) in [6.45, 7) is 2.40. The lowest BCUT2D eigenvalue weighted by atomic mass is 10.1. The van der Waals surface area contributed by atoms with Crippen molar-refractivity contribution in [2.75, 3.05) is 18.5 Å². The van der Waals surface area contributed by atoms with Crippen LogP contribution in [0.5, 0.6) is 5.75 Å². The highest BCUT2D eigenvalue weighted by Crippen LogP contribution is 2.23. The van der Waals surface area contributed by atoms with E-state index >= 15 is 0 Å². The van der Waals surface area contributed by atoms with Crippen molar-refractivity contribution in [1.29, 1.82) is 0 Å². The largest absolute Gasteiger partial charge is 0.491 e. The fraction of sp³-hybridized carbons (Fsp3) is 0.300. The van der Waals surface area contributed by atoms with E-state index in [1.165, 1.54) is 5.56 Å². The second-order valence-corrected chi connectivity index (χ2v) is 5.73. The fourth-order valence-electron chi connectivity index (χ4n) is 2.23. The van der Waals surface area contributed by atoms with Gasteiger partial charge in [0.05, 0.1) is 12.3 Å². The number of nitrogens with two attached hydrogens (primary N) is 1. The van der Waals surface area contributed by atoms with E-state index in [4.69, 9.17) is 15.3 Å². The molecule has 0 bridgehead atoms. The Bertz CT molecular complexity index is 717. The van der Waals surface area contributed by atoms with Crippen LogP contribution in [0.1, 0.15) is 25.3 Å². The standard InChI is InChI=1S/C20H25N3O3/c1-2-14-25-18-11-7-6-10-17(18)22-20(24)15-26-23-19(21)13-12-16-8-4-3-5-9-16/h3-11H,2,12-15H2,1H3,(H2,21,23)(H,22,24). The molecule has 138 valence electrons.